The summed E-state index contributed by atoms with van der Waals surface area (Å²) in [5.74, 6) is -2.08. The number of rotatable bonds is 7. The molecule has 180 valence electrons. The van der Waals surface area contributed by atoms with Gasteiger partial charge in [0.1, 0.15) is 6.04 Å². The zero-order valence-electron chi connectivity index (χ0n) is 19.2. The Morgan fingerprint density at radius 3 is 2.37 bits per heavy atom. The molecule has 7 heteroatoms. The van der Waals surface area contributed by atoms with Crippen LogP contribution >= 0.6 is 11.6 Å². The normalized spacial score (nSPS) is 16.4. The molecule has 2 N–H and O–H groups in total. The summed E-state index contributed by atoms with van der Waals surface area (Å²) < 4.78 is 0. The molecule has 1 aliphatic rings. The second kappa shape index (κ2) is 11.2. The lowest BCUT2D eigenvalue weighted by atomic mass is 9.95. The predicted octanol–water partition coefficient (Wildman–Crippen LogP) is 4.67. The van der Waals surface area contributed by atoms with Crippen LogP contribution in [0.1, 0.15) is 28.8 Å². The Balaban J connectivity index is 1.38. The molecule has 1 saturated heterocycles. The van der Waals surface area contributed by atoms with E-state index in [2.05, 4.69) is 5.32 Å². The van der Waals surface area contributed by atoms with Gasteiger partial charge < -0.3 is 15.3 Å². The third kappa shape index (κ3) is 6.28. The van der Waals surface area contributed by atoms with E-state index in [1.54, 1.807) is 29.2 Å². The van der Waals surface area contributed by atoms with Crippen molar-refractivity contribution in [1.82, 2.24) is 10.2 Å². The Kier molecular flexibility index (Phi) is 7.83. The van der Waals surface area contributed by atoms with Crippen LogP contribution in [0.5, 0.6) is 0 Å². The number of nitrogens with one attached hydrogen (secondary N) is 1. The van der Waals surface area contributed by atoms with Crippen LogP contribution < -0.4 is 5.32 Å². The largest absolute Gasteiger partial charge is 0.480 e. The average Bonchev–Trinajstić information content (AvgIpc) is 2.88. The van der Waals surface area contributed by atoms with E-state index in [0.717, 1.165) is 16.7 Å². The highest BCUT2D eigenvalue weighted by Gasteiger charge is 2.31. The number of carbonyl (C=O) groups is 3. The summed E-state index contributed by atoms with van der Waals surface area (Å²) in [6.07, 6.45) is 1.44. The molecule has 1 heterocycles. The number of amides is 2. The van der Waals surface area contributed by atoms with Crippen molar-refractivity contribution >= 4 is 29.4 Å². The van der Waals surface area contributed by atoms with Gasteiger partial charge in [0.05, 0.1) is 5.92 Å². The second-order valence-electron chi connectivity index (χ2n) is 8.77. The number of likely N-dealkylation sites (tertiary alicyclic amines) is 1. The topological polar surface area (TPSA) is 86.7 Å². The Morgan fingerprint density at radius 2 is 1.69 bits per heavy atom. The molecular weight excluding hydrogens is 464 g/mol. The maximum atomic E-state index is 13.0. The zero-order valence-corrected chi connectivity index (χ0v) is 19.9. The molecule has 4 rings (SSSR count). The van der Waals surface area contributed by atoms with Crippen LogP contribution in [0.4, 0.5) is 0 Å². The van der Waals surface area contributed by atoms with E-state index in [1.807, 2.05) is 54.6 Å². The number of hydrogen-bond donors (Lipinski definition) is 2. The third-order valence-corrected chi connectivity index (χ3v) is 6.50. The first-order valence-electron chi connectivity index (χ1n) is 11.6. The van der Waals surface area contributed by atoms with E-state index in [4.69, 9.17) is 11.6 Å². The maximum absolute atomic E-state index is 13.0. The minimum atomic E-state index is -1.09. The van der Waals surface area contributed by atoms with Crippen molar-refractivity contribution in [1.29, 1.82) is 0 Å². The highest BCUT2D eigenvalue weighted by atomic mass is 35.5. The minimum absolute atomic E-state index is 0.175. The predicted molar refractivity (Wildman–Crippen MR) is 135 cm³/mol. The molecule has 2 atom stereocenters. The van der Waals surface area contributed by atoms with Gasteiger partial charge in [0.25, 0.3) is 5.91 Å². The maximum Gasteiger partial charge on any atom is 0.326 e. The quantitative estimate of drug-likeness (QED) is 0.504. The van der Waals surface area contributed by atoms with E-state index in [1.165, 1.54) is 0 Å². The fraction of sp³-hybridized carbons (Fsp3) is 0.250. The molecule has 3 aromatic carbocycles. The summed E-state index contributed by atoms with van der Waals surface area (Å²) >= 11 is 6.01. The summed E-state index contributed by atoms with van der Waals surface area (Å²) in [7, 11) is 0. The van der Waals surface area contributed by atoms with Gasteiger partial charge in [0.2, 0.25) is 5.91 Å². The Bertz CT molecular complexity index is 1200. The molecule has 35 heavy (non-hydrogen) atoms. The Morgan fingerprint density at radius 1 is 0.971 bits per heavy atom. The molecule has 0 spiro atoms. The highest BCUT2D eigenvalue weighted by molar-refractivity contribution is 6.30. The second-order valence-corrected chi connectivity index (χ2v) is 9.20. The molecule has 0 saturated carbocycles. The molecule has 6 nitrogen and oxygen atoms in total. The SMILES string of the molecule is O=C(N[C@@H](Cc1ccc(-c2ccccc2)cc1)C(=O)O)C1CCCN(C(=O)c2cccc(Cl)c2)C1. The van der Waals surface area contributed by atoms with Gasteiger partial charge in [-0.1, -0.05) is 72.3 Å². The van der Waals surface area contributed by atoms with Crippen molar-refractivity contribution in [3.63, 3.8) is 0 Å². The average molecular weight is 491 g/mol. The lowest BCUT2D eigenvalue weighted by molar-refractivity contribution is -0.142. The van der Waals surface area contributed by atoms with E-state index in [-0.39, 0.29) is 24.8 Å². The first kappa shape index (κ1) is 24.5. The molecule has 0 aliphatic carbocycles. The van der Waals surface area contributed by atoms with Gasteiger partial charge in [0, 0.05) is 30.1 Å². The number of carboxylic acids is 1. The molecule has 0 aromatic heterocycles. The summed E-state index contributed by atoms with van der Waals surface area (Å²) in [6, 6.07) is 23.3. The van der Waals surface area contributed by atoms with Crippen LogP contribution in [0.25, 0.3) is 11.1 Å². The van der Waals surface area contributed by atoms with Crippen molar-refractivity contribution in [3.05, 3.63) is 95.0 Å². The summed E-state index contributed by atoms with van der Waals surface area (Å²) in [6.45, 7) is 0.792. The molecule has 0 radical (unpaired) electrons. The fourth-order valence-electron chi connectivity index (χ4n) is 4.37. The fourth-order valence-corrected chi connectivity index (χ4v) is 4.56. The number of piperidine rings is 1. The minimum Gasteiger partial charge on any atom is -0.480 e. The van der Waals surface area contributed by atoms with Crippen LogP contribution in [0.2, 0.25) is 5.02 Å². The molecular formula is C28H27ClN2O4. The van der Waals surface area contributed by atoms with Crippen molar-refractivity contribution in [2.24, 2.45) is 5.92 Å². The van der Waals surface area contributed by atoms with Crippen molar-refractivity contribution in [3.8, 4) is 11.1 Å². The molecule has 0 bridgehead atoms. The van der Waals surface area contributed by atoms with Crippen LogP contribution in [0.3, 0.4) is 0 Å². The summed E-state index contributed by atoms with van der Waals surface area (Å²) in [5, 5.41) is 12.9. The number of aliphatic carboxylic acids is 1. The van der Waals surface area contributed by atoms with Crippen molar-refractivity contribution in [2.45, 2.75) is 25.3 Å². The van der Waals surface area contributed by atoms with E-state index in [0.29, 0.717) is 30.0 Å². The molecule has 3 aromatic rings. The van der Waals surface area contributed by atoms with Crippen molar-refractivity contribution in [2.75, 3.05) is 13.1 Å². The number of hydrogen-bond acceptors (Lipinski definition) is 3. The number of halogens is 1. The van der Waals surface area contributed by atoms with E-state index >= 15 is 0 Å². The van der Waals surface area contributed by atoms with Gasteiger partial charge >= 0.3 is 5.97 Å². The first-order chi connectivity index (χ1) is 16.9. The smallest absolute Gasteiger partial charge is 0.326 e. The van der Waals surface area contributed by atoms with Crippen LogP contribution in [-0.4, -0.2) is 46.9 Å². The zero-order chi connectivity index (χ0) is 24.8. The molecule has 1 aliphatic heterocycles. The molecule has 2 amide bonds. The Hall–Kier alpha value is -3.64. The van der Waals surface area contributed by atoms with Crippen molar-refractivity contribution < 1.29 is 19.5 Å². The summed E-state index contributed by atoms with van der Waals surface area (Å²) in [5.41, 5.74) is 3.41. The number of nitrogens with zero attached hydrogens (tertiary/aromatic N) is 1. The molecule has 1 fully saturated rings. The highest BCUT2D eigenvalue weighted by Crippen LogP contribution is 2.22. The van der Waals surface area contributed by atoms with E-state index in [9.17, 15) is 19.5 Å². The third-order valence-electron chi connectivity index (χ3n) is 6.27. The number of carbonyl (C=O) groups excluding carboxylic acids is 2. The molecule has 1 unspecified atom stereocenters. The van der Waals surface area contributed by atoms with Gasteiger partial charge in [-0.25, -0.2) is 4.79 Å². The summed E-state index contributed by atoms with van der Waals surface area (Å²) in [4.78, 5) is 39.4. The monoisotopic (exact) mass is 490 g/mol. The lowest BCUT2D eigenvalue weighted by Gasteiger charge is -2.32. The van der Waals surface area contributed by atoms with Gasteiger partial charge in [0.15, 0.2) is 0 Å². The van der Waals surface area contributed by atoms with Crippen LogP contribution in [0, 0.1) is 5.92 Å². The first-order valence-corrected chi connectivity index (χ1v) is 12.0. The van der Waals surface area contributed by atoms with Gasteiger partial charge in [-0.2, -0.15) is 0 Å². The van der Waals surface area contributed by atoms with Crippen LogP contribution in [-0.2, 0) is 16.0 Å². The number of carboxylic acid groups (broad SMARTS) is 1. The lowest BCUT2D eigenvalue weighted by Crippen LogP contribution is -2.50. The Labute approximate surface area is 209 Å². The van der Waals surface area contributed by atoms with E-state index < -0.39 is 17.9 Å². The van der Waals surface area contributed by atoms with Gasteiger partial charge in [-0.3, -0.25) is 9.59 Å². The van der Waals surface area contributed by atoms with Gasteiger partial charge in [-0.05, 0) is 47.7 Å². The standard InChI is InChI=1S/C28H27ClN2O4/c29-24-10-4-8-22(17-24)27(33)31-15-5-9-23(18-31)26(32)30-25(28(34)35)16-19-11-13-21(14-12-19)20-6-2-1-3-7-20/h1-4,6-8,10-14,17,23,25H,5,9,15-16,18H2,(H,30,32)(H,34,35)/t23?,25-/m0/s1. The number of benzene rings is 3. The van der Waals surface area contributed by atoms with Crippen LogP contribution in [0.15, 0.2) is 78.9 Å². The van der Waals surface area contributed by atoms with Gasteiger partial charge in [-0.15, -0.1) is 0 Å².